The van der Waals surface area contributed by atoms with Gasteiger partial charge in [0, 0.05) is 31.9 Å². The third-order valence-electron chi connectivity index (χ3n) is 3.57. The molecule has 26 heavy (non-hydrogen) atoms. The molecule has 0 aromatic carbocycles. The van der Waals surface area contributed by atoms with Gasteiger partial charge in [0.15, 0.2) is 0 Å². The average Bonchev–Trinajstić information content (AvgIpc) is 3.33. The third-order valence-corrected chi connectivity index (χ3v) is 3.57. The predicted octanol–water partition coefficient (Wildman–Crippen LogP) is 1.33. The first-order valence-electron chi connectivity index (χ1n) is 7.83. The number of anilines is 1. The second kappa shape index (κ2) is 7.51. The highest BCUT2D eigenvalue weighted by molar-refractivity contribution is 6.06. The predicted molar refractivity (Wildman–Crippen MR) is 94.0 cm³/mol. The van der Waals surface area contributed by atoms with Crippen molar-refractivity contribution in [2.24, 2.45) is 14.1 Å². The van der Waals surface area contributed by atoms with Crippen LogP contribution in [0.25, 0.3) is 6.08 Å². The molecule has 3 aromatic heterocycles. The maximum Gasteiger partial charge on any atom is 0.272 e. The Morgan fingerprint density at radius 3 is 2.81 bits per heavy atom. The number of amides is 2. The highest BCUT2D eigenvalue weighted by atomic mass is 16.3. The van der Waals surface area contributed by atoms with E-state index in [1.807, 2.05) is 0 Å². The summed E-state index contributed by atoms with van der Waals surface area (Å²) >= 11 is 0. The fraction of sp³-hybridized carbons (Fsp3) is 0.176. The number of hydrogen-bond donors (Lipinski definition) is 2. The fourth-order valence-corrected chi connectivity index (χ4v) is 2.34. The molecule has 0 saturated heterocycles. The van der Waals surface area contributed by atoms with Gasteiger partial charge in [-0.25, -0.2) is 0 Å². The lowest BCUT2D eigenvalue weighted by atomic mass is 10.3. The molecule has 0 aliphatic rings. The van der Waals surface area contributed by atoms with Gasteiger partial charge < -0.3 is 15.1 Å². The largest absolute Gasteiger partial charge is 0.467 e. The Bertz CT molecular complexity index is 936. The van der Waals surface area contributed by atoms with Gasteiger partial charge in [-0.05, 0) is 18.2 Å². The molecule has 3 aromatic rings. The maximum atomic E-state index is 12.4. The summed E-state index contributed by atoms with van der Waals surface area (Å²) in [5.41, 5.74) is 1.37. The van der Waals surface area contributed by atoms with Crippen molar-refractivity contribution in [1.29, 1.82) is 0 Å². The molecule has 0 bridgehead atoms. The molecule has 0 radical (unpaired) electrons. The molecular formula is C17H18N6O3. The summed E-state index contributed by atoms with van der Waals surface area (Å²) in [4.78, 5) is 24.5. The number of carbonyl (C=O) groups is 2. The monoisotopic (exact) mass is 354 g/mol. The van der Waals surface area contributed by atoms with Gasteiger partial charge >= 0.3 is 0 Å². The molecule has 0 unspecified atom stereocenters. The number of rotatable bonds is 6. The molecule has 0 spiro atoms. The van der Waals surface area contributed by atoms with Crippen molar-refractivity contribution in [2.45, 2.75) is 6.54 Å². The van der Waals surface area contributed by atoms with Crippen LogP contribution in [0, 0.1) is 0 Å². The second-order valence-corrected chi connectivity index (χ2v) is 5.56. The van der Waals surface area contributed by atoms with Crippen LogP contribution >= 0.6 is 0 Å². The van der Waals surface area contributed by atoms with E-state index < -0.39 is 0 Å². The van der Waals surface area contributed by atoms with Gasteiger partial charge in [-0.2, -0.15) is 10.2 Å². The molecule has 0 atom stereocenters. The van der Waals surface area contributed by atoms with Crippen LogP contribution in [0.1, 0.15) is 21.8 Å². The van der Waals surface area contributed by atoms with Gasteiger partial charge in [0.2, 0.25) is 5.91 Å². The number of nitrogens with zero attached hydrogens (tertiary/aromatic N) is 4. The average molecular weight is 354 g/mol. The third kappa shape index (κ3) is 4.07. The van der Waals surface area contributed by atoms with Crippen molar-refractivity contribution in [1.82, 2.24) is 24.9 Å². The Balaban J connectivity index is 1.65. The molecule has 2 N–H and O–H groups in total. The van der Waals surface area contributed by atoms with Crippen molar-refractivity contribution in [3.8, 4) is 0 Å². The van der Waals surface area contributed by atoms with Crippen LogP contribution < -0.4 is 10.6 Å². The zero-order valence-corrected chi connectivity index (χ0v) is 14.3. The van der Waals surface area contributed by atoms with E-state index in [4.69, 9.17) is 4.42 Å². The zero-order valence-electron chi connectivity index (χ0n) is 14.3. The highest BCUT2D eigenvalue weighted by Gasteiger charge is 2.18. The van der Waals surface area contributed by atoms with Crippen molar-refractivity contribution in [3.05, 3.63) is 60.1 Å². The number of furan rings is 1. The lowest BCUT2D eigenvalue weighted by molar-refractivity contribution is -0.111. The number of aryl methyl sites for hydroxylation is 2. The van der Waals surface area contributed by atoms with Crippen LogP contribution in [0.3, 0.4) is 0 Å². The van der Waals surface area contributed by atoms with Crippen molar-refractivity contribution in [3.63, 3.8) is 0 Å². The molecule has 2 amide bonds. The quantitative estimate of drug-likeness (QED) is 0.650. The van der Waals surface area contributed by atoms with E-state index in [1.165, 1.54) is 23.2 Å². The minimum absolute atomic E-state index is 0.241. The summed E-state index contributed by atoms with van der Waals surface area (Å²) in [6.45, 7) is 0.241. The SMILES string of the molecule is Cn1cc(/C=C/C(=O)Nc2cnn(C)c2C(=O)NCc2ccco2)cn1. The standard InChI is InChI=1S/C17H18N6O3/c1-22-11-12(8-19-22)5-6-15(24)21-14-10-20-23(2)16(14)17(25)18-9-13-4-3-7-26-13/h3-8,10-11H,9H2,1-2H3,(H,18,25)(H,21,24)/b6-5+. The zero-order chi connectivity index (χ0) is 18.5. The molecule has 134 valence electrons. The minimum Gasteiger partial charge on any atom is -0.467 e. The Morgan fingerprint density at radius 1 is 1.27 bits per heavy atom. The summed E-state index contributed by atoms with van der Waals surface area (Å²) in [7, 11) is 3.42. The van der Waals surface area contributed by atoms with Crippen LogP contribution in [-0.2, 0) is 25.4 Å². The van der Waals surface area contributed by atoms with Gasteiger partial charge in [0.1, 0.15) is 11.5 Å². The van der Waals surface area contributed by atoms with Gasteiger partial charge in [0.05, 0.1) is 30.9 Å². The summed E-state index contributed by atoms with van der Waals surface area (Å²) in [5, 5.41) is 13.4. The summed E-state index contributed by atoms with van der Waals surface area (Å²) in [5.74, 6) is -0.111. The van der Waals surface area contributed by atoms with E-state index in [1.54, 1.807) is 49.4 Å². The van der Waals surface area contributed by atoms with Gasteiger partial charge in [-0.15, -0.1) is 0 Å². The number of nitrogens with one attached hydrogen (secondary N) is 2. The molecule has 9 heteroatoms. The molecular weight excluding hydrogens is 336 g/mol. The van der Waals surface area contributed by atoms with Gasteiger partial charge in [-0.3, -0.25) is 19.0 Å². The molecule has 0 aliphatic carbocycles. The first-order valence-corrected chi connectivity index (χ1v) is 7.83. The highest BCUT2D eigenvalue weighted by Crippen LogP contribution is 2.14. The molecule has 0 saturated carbocycles. The Kier molecular flexibility index (Phi) is 4.97. The van der Waals surface area contributed by atoms with Crippen LogP contribution in [0.4, 0.5) is 5.69 Å². The lowest BCUT2D eigenvalue weighted by Crippen LogP contribution is -2.26. The maximum absolute atomic E-state index is 12.4. The van der Waals surface area contributed by atoms with Crippen molar-refractivity contribution >= 4 is 23.6 Å². The minimum atomic E-state index is -0.373. The molecule has 3 rings (SSSR count). The van der Waals surface area contributed by atoms with Crippen LogP contribution in [0.2, 0.25) is 0 Å². The fourth-order valence-electron chi connectivity index (χ4n) is 2.34. The van der Waals surface area contributed by atoms with Gasteiger partial charge in [0.25, 0.3) is 5.91 Å². The van der Waals surface area contributed by atoms with E-state index >= 15 is 0 Å². The molecule has 3 heterocycles. The summed E-state index contributed by atoms with van der Waals surface area (Å²) in [6, 6.07) is 3.50. The van der Waals surface area contributed by atoms with E-state index in [0.717, 1.165) is 5.56 Å². The van der Waals surface area contributed by atoms with Crippen LogP contribution in [0.15, 0.2) is 47.5 Å². The first-order chi connectivity index (χ1) is 12.5. The van der Waals surface area contributed by atoms with E-state index in [-0.39, 0.29) is 24.1 Å². The van der Waals surface area contributed by atoms with Gasteiger partial charge in [-0.1, -0.05) is 0 Å². The number of carbonyl (C=O) groups excluding carboxylic acids is 2. The van der Waals surface area contributed by atoms with E-state index in [0.29, 0.717) is 11.4 Å². The van der Waals surface area contributed by atoms with E-state index in [2.05, 4.69) is 20.8 Å². The lowest BCUT2D eigenvalue weighted by Gasteiger charge is -2.07. The first kappa shape index (κ1) is 17.2. The van der Waals surface area contributed by atoms with Crippen LogP contribution in [0.5, 0.6) is 0 Å². The van der Waals surface area contributed by atoms with E-state index in [9.17, 15) is 9.59 Å². The van der Waals surface area contributed by atoms with Crippen molar-refractivity contribution < 1.29 is 14.0 Å². The smallest absolute Gasteiger partial charge is 0.272 e. The van der Waals surface area contributed by atoms with Crippen molar-refractivity contribution in [2.75, 3.05) is 5.32 Å². The second-order valence-electron chi connectivity index (χ2n) is 5.56. The molecule has 0 aliphatic heterocycles. The number of hydrogen-bond acceptors (Lipinski definition) is 5. The summed E-state index contributed by atoms with van der Waals surface area (Å²) < 4.78 is 8.22. The Morgan fingerprint density at radius 2 is 2.12 bits per heavy atom. The summed E-state index contributed by atoms with van der Waals surface area (Å²) in [6.07, 6.45) is 9.38. The molecule has 9 nitrogen and oxygen atoms in total. The van der Waals surface area contributed by atoms with Crippen LogP contribution in [-0.4, -0.2) is 31.4 Å². The Hall–Kier alpha value is -3.62. The molecule has 0 fully saturated rings. The topological polar surface area (TPSA) is 107 Å². The Labute approximate surface area is 149 Å². The number of aromatic nitrogens is 4. The normalized spacial score (nSPS) is 11.0.